The number of β-amino-alcohol motifs (C(OH)–C–C–N with tert-alkyl or cyclic N) is 1. The van der Waals surface area contributed by atoms with E-state index < -0.39 is 6.04 Å². The normalized spacial score (nSPS) is 15.9. The van der Waals surface area contributed by atoms with Gasteiger partial charge in [-0.25, -0.2) is 0 Å². The van der Waals surface area contributed by atoms with Crippen LogP contribution in [0.3, 0.4) is 0 Å². The van der Waals surface area contributed by atoms with Gasteiger partial charge in [-0.15, -0.1) is 0 Å². The number of benzene rings is 2. The molecule has 0 bridgehead atoms. The number of aliphatic hydroxyl groups excluding tert-OH is 1. The zero-order valence-corrected chi connectivity index (χ0v) is 14.7. The van der Waals surface area contributed by atoms with Crippen LogP contribution in [-0.4, -0.2) is 51.5 Å². The number of aromatic hydroxyl groups is 1. The molecule has 0 saturated carbocycles. The molecule has 2 heterocycles. The summed E-state index contributed by atoms with van der Waals surface area (Å²) in [5.74, 6) is 0.576. The topological polar surface area (TPSA) is 98.7 Å². The molecule has 0 saturated heterocycles. The van der Waals surface area contributed by atoms with E-state index in [9.17, 15) is 15.0 Å². The third kappa shape index (κ3) is 2.72. The molecule has 2 aromatic carbocycles. The molecule has 0 fully saturated rings. The number of carbonyl (C=O) groups excluding carboxylic acids is 1. The number of aliphatic hydroxyl groups is 1. The lowest BCUT2D eigenvalue weighted by Gasteiger charge is -2.25. The first kappa shape index (κ1) is 17.1. The van der Waals surface area contributed by atoms with E-state index in [1.54, 1.807) is 36.3 Å². The number of aromatic amines is 1. The molecule has 27 heavy (non-hydrogen) atoms. The molecule has 0 aliphatic carbocycles. The fraction of sp³-hybridized carbons (Fsp3) is 0.200. The maximum atomic E-state index is 12.9. The van der Waals surface area contributed by atoms with Crippen LogP contribution in [0, 0.1) is 0 Å². The second-order valence-corrected chi connectivity index (χ2v) is 6.28. The number of nitrogens with zero attached hydrogens (tertiary/aromatic N) is 2. The number of ether oxygens (including phenoxy) is 1. The number of methoxy groups -OCH3 is 1. The van der Waals surface area contributed by atoms with Crippen LogP contribution in [0.25, 0.3) is 11.3 Å². The second kappa shape index (κ2) is 6.77. The Labute approximate surface area is 155 Å². The van der Waals surface area contributed by atoms with Gasteiger partial charge in [-0.1, -0.05) is 24.3 Å². The molecule has 1 aromatic heterocycles. The molecule has 1 aliphatic rings. The lowest BCUT2D eigenvalue weighted by Crippen LogP contribution is -2.32. The van der Waals surface area contributed by atoms with Crippen molar-refractivity contribution in [3.8, 4) is 22.8 Å². The standard InChI is InChI=1S/C20H19N3O4/c1-27-13-8-6-12(7-9-13)19-16-17(14-4-2-3-5-15(14)25)21-22-18(16)20(26)23(19)10-11-24/h2-9,19,24-25H,10-11H2,1H3,(H,21,22)/t19-/m1/s1. The van der Waals surface area contributed by atoms with Crippen LogP contribution >= 0.6 is 0 Å². The van der Waals surface area contributed by atoms with Crippen LogP contribution in [0.5, 0.6) is 11.5 Å². The first-order chi connectivity index (χ1) is 13.2. The van der Waals surface area contributed by atoms with E-state index in [4.69, 9.17) is 4.74 Å². The third-order valence-corrected chi connectivity index (χ3v) is 4.80. The number of phenols is 1. The van der Waals surface area contributed by atoms with E-state index in [2.05, 4.69) is 10.2 Å². The number of fused-ring (bicyclic) bond motifs is 1. The summed E-state index contributed by atoms with van der Waals surface area (Å²) in [6.07, 6.45) is 0. The fourth-order valence-electron chi connectivity index (χ4n) is 3.55. The molecule has 0 spiro atoms. The first-order valence-corrected chi connectivity index (χ1v) is 8.58. The average molecular weight is 365 g/mol. The highest BCUT2D eigenvalue weighted by Crippen LogP contribution is 2.44. The molecule has 1 amide bonds. The fourth-order valence-corrected chi connectivity index (χ4v) is 3.55. The molecular formula is C20H19N3O4. The Morgan fingerprint density at radius 2 is 1.93 bits per heavy atom. The van der Waals surface area contributed by atoms with Crippen molar-refractivity contribution >= 4 is 5.91 Å². The number of rotatable bonds is 5. The number of H-pyrrole nitrogens is 1. The Morgan fingerprint density at radius 1 is 1.19 bits per heavy atom. The van der Waals surface area contributed by atoms with E-state index in [-0.39, 0.29) is 24.8 Å². The zero-order chi connectivity index (χ0) is 19.0. The van der Waals surface area contributed by atoms with Gasteiger partial charge in [-0.05, 0) is 29.8 Å². The average Bonchev–Trinajstić information content (AvgIpc) is 3.23. The van der Waals surface area contributed by atoms with Crippen molar-refractivity contribution in [3.63, 3.8) is 0 Å². The van der Waals surface area contributed by atoms with Crippen molar-refractivity contribution in [2.45, 2.75) is 6.04 Å². The van der Waals surface area contributed by atoms with Crippen LogP contribution in [0.1, 0.15) is 27.7 Å². The van der Waals surface area contributed by atoms with Crippen molar-refractivity contribution < 1.29 is 19.7 Å². The van der Waals surface area contributed by atoms with Crippen LogP contribution < -0.4 is 4.74 Å². The molecule has 0 radical (unpaired) electrons. The van der Waals surface area contributed by atoms with Crippen LogP contribution in [0.2, 0.25) is 0 Å². The molecular weight excluding hydrogens is 346 g/mol. The summed E-state index contributed by atoms with van der Waals surface area (Å²) < 4.78 is 5.22. The maximum absolute atomic E-state index is 12.9. The minimum Gasteiger partial charge on any atom is -0.507 e. The molecule has 1 atom stereocenters. The molecule has 7 nitrogen and oxygen atoms in total. The maximum Gasteiger partial charge on any atom is 0.273 e. The summed E-state index contributed by atoms with van der Waals surface area (Å²) in [5, 5.41) is 26.8. The predicted octanol–water partition coefficient (Wildman–Crippen LogP) is 2.33. The van der Waals surface area contributed by atoms with Gasteiger partial charge in [0.1, 0.15) is 22.9 Å². The number of aromatic nitrogens is 2. The summed E-state index contributed by atoms with van der Waals surface area (Å²) in [6.45, 7) is 0.0419. The Kier molecular flexibility index (Phi) is 4.29. The SMILES string of the molecule is COc1ccc([C@@H]2c3c(-c4ccccc4O)n[nH]c3C(=O)N2CCO)cc1. The van der Waals surface area contributed by atoms with E-state index in [1.807, 2.05) is 24.3 Å². The van der Waals surface area contributed by atoms with Gasteiger partial charge in [-0.3, -0.25) is 9.89 Å². The number of phenolic OH excluding ortho intramolecular Hbond substituents is 1. The zero-order valence-electron chi connectivity index (χ0n) is 14.7. The molecule has 7 heteroatoms. The van der Waals surface area contributed by atoms with Crippen molar-refractivity contribution in [2.24, 2.45) is 0 Å². The Balaban J connectivity index is 1.88. The molecule has 3 N–H and O–H groups in total. The number of carbonyl (C=O) groups is 1. The van der Waals surface area contributed by atoms with Crippen molar-refractivity contribution in [3.05, 3.63) is 65.4 Å². The number of para-hydroxylation sites is 1. The Bertz CT molecular complexity index is 981. The summed E-state index contributed by atoms with van der Waals surface area (Å²) in [4.78, 5) is 14.5. The first-order valence-electron chi connectivity index (χ1n) is 8.58. The lowest BCUT2D eigenvalue weighted by atomic mass is 9.95. The summed E-state index contributed by atoms with van der Waals surface area (Å²) >= 11 is 0. The number of amides is 1. The Hall–Kier alpha value is -3.32. The highest BCUT2D eigenvalue weighted by molar-refractivity contribution is 6.00. The van der Waals surface area contributed by atoms with Gasteiger partial charge in [0.25, 0.3) is 5.91 Å². The van der Waals surface area contributed by atoms with E-state index in [1.165, 1.54) is 0 Å². The van der Waals surface area contributed by atoms with Gasteiger partial charge in [0.05, 0.1) is 19.8 Å². The smallest absolute Gasteiger partial charge is 0.273 e. The molecule has 138 valence electrons. The minimum absolute atomic E-state index is 0.0911. The summed E-state index contributed by atoms with van der Waals surface area (Å²) in [6, 6.07) is 13.9. The number of nitrogens with one attached hydrogen (secondary N) is 1. The summed E-state index contributed by atoms with van der Waals surface area (Å²) in [5.41, 5.74) is 3.02. The molecule has 0 unspecified atom stereocenters. The van der Waals surface area contributed by atoms with Crippen molar-refractivity contribution in [2.75, 3.05) is 20.3 Å². The third-order valence-electron chi connectivity index (χ3n) is 4.80. The van der Waals surface area contributed by atoms with Crippen molar-refractivity contribution in [1.82, 2.24) is 15.1 Å². The van der Waals surface area contributed by atoms with Gasteiger partial charge in [0.15, 0.2) is 0 Å². The number of hydrogen-bond acceptors (Lipinski definition) is 5. The van der Waals surface area contributed by atoms with Crippen molar-refractivity contribution in [1.29, 1.82) is 0 Å². The largest absolute Gasteiger partial charge is 0.507 e. The minimum atomic E-state index is -0.418. The highest BCUT2D eigenvalue weighted by Gasteiger charge is 2.42. The van der Waals surface area contributed by atoms with Gasteiger partial charge < -0.3 is 19.8 Å². The van der Waals surface area contributed by atoms with E-state index in [0.29, 0.717) is 28.3 Å². The molecule has 3 aromatic rings. The van der Waals surface area contributed by atoms with Gasteiger partial charge in [0, 0.05) is 17.7 Å². The Morgan fingerprint density at radius 3 is 2.59 bits per heavy atom. The van der Waals surface area contributed by atoms with Gasteiger partial charge >= 0.3 is 0 Å². The summed E-state index contributed by atoms with van der Waals surface area (Å²) in [7, 11) is 1.59. The molecule has 1 aliphatic heterocycles. The van der Waals surface area contributed by atoms with Gasteiger partial charge in [-0.2, -0.15) is 5.10 Å². The van der Waals surface area contributed by atoms with Crippen LogP contribution in [0.15, 0.2) is 48.5 Å². The van der Waals surface area contributed by atoms with E-state index >= 15 is 0 Å². The second-order valence-electron chi connectivity index (χ2n) is 6.28. The lowest BCUT2D eigenvalue weighted by molar-refractivity contribution is 0.0706. The molecule has 4 rings (SSSR count). The highest BCUT2D eigenvalue weighted by atomic mass is 16.5. The number of hydrogen-bond donors (Lipinski definition) is 3. The van der Waals surface area contributed by atoms with Crippen LogP contribution in [0.4, 0.5) is 0 Å². The predicted molar refractivity (Wildman–Crippen MR) is 98.6 cm³/mol. The van der Waals surface area contributed by atoms with E-state index in [0.717, 1.165) is 5.56 Å². The van der Waals surface area contributed by atoms with Crippen LogP contribution in [-0.2, 0) is 0 Å². The monoisotopic (exact) mass is 365 g/mol. The van der Waals surface area contributed by atoms with Gasteiger partial charge in [0.2, 0.25) is 0 Å². The quantitative estimate of drug-likeness (QED) is 0.645.